The molecule has 0 radical (unpaired) electrons. The predicted molar refractivity (Wildman–Crippen MR) is 90.9 cm³/mol. The van der Waals surface area contributed by atoms with Crippen LogP contribution in [0.15, 0.2) is 10.6 Å². The van der Waals surface area contributed by atoms with Gasteiger partial charge in [-0.15, -0.1) is 0 Å². The van der Waals surface area contributed by atoms with Crippen LogP contribution < -0.4 is 5.32 Å². The first-order valence-electron chi connectivity index (χ1n) is 8.94. The molecule has 0 aliphatic carbocycles. The molecular weight excluding hydrogens is 308 g/mol. The van der Waals surface area contributed by atoms with Crippen molar-refractivity contribution in [1.82, 2.24) is 15.0 Å². The molecule has 0 spiro atoms. The third-order valence-electron chi connectivity index (χ3n) is 4.93. The van der Waals surface area contributed by atoms with Gasteiger partial charge < -0.3 is 14.6 Å². The molecule has 134 valence electrons. The van der Waals surface area contributed by atoms with E-state index in [9.17, 15) is 4.79 Å². The number of likely N-dealkylation sites (tertiary alicyclic amines) is 1. The molecule has 2 aliphatic rings. The molecule has 0 unspecified atom stereocenters. The van der Waals surface area contributed by atoms with Crippen LogP contribution in [0.4, 0.5) is 5.82 Å². The molecular formula is C17H28N4O3. The standard InChI is InChI=1S/C17H28N4O3/c1-14-12-16(19-24-14)18-17(22)13-21-6-3-15(4-7-21)2-5-20-8-10-23-11-9-20/h12,15H,2-11,13H2,1H3,(H,18,19,22). The van der Waals surface area contributed by atoms with E-state index in [0.717, 1.165) is 45.3 Å². The van der Waals surface area contributed by atoms with E-state index >= 15 is 0 Å². The van der Waals surface area contributed by atoms with Crippen LogP contribution in [0.1, 0.15) is 25.0 Å². The Balaban J connectivity index is 1.32. The summed E-state index contributed by atoms with van der Waals surface area (Å²) in [5.41, 5.74) is 0. The van der Waals surface area contributed by atoms with Crippen LogP contribution in [-0.4, -0.2) is 73.3 Å². The number of ether oxygens (including phenoxy) is 1. The normalized spacial score (nSPS) is 21.0. The average Bonchev–Trinajstić information content (AvgIpc) is 3.00. The number of morpholine rings is 1. The highest BCUT2D eigenvalue weighted by atomic mass is 16.5. The van der Waals surface area contributed by atoms with Crippen molar-refractivity contribution in [2.75, 3.05) is 57.8 Å². The van der Waals surface area contributed by atoms with Crippen LogP contribution in [-0.2, 0) is 9.53 Å². The van der Waals surface area contributed by atoms with E-state index in [1.165, 1.54) is 25.8 Å². The third-order valence-corrected chi connectivity index (χ3v) is 4.93. The Labute approximate surface area is 143 Å². The SMILES string of the molecule is Cc1cc(NC(=O)CN2CCC(CCN3CCOCC3)CC2)no1. The molecule has 7 heteroatoms. The molecule has 1 N–H and O–H groups in total. The molecule has 3 heterocycles. The van der Waals surface area contributed by atoms with Gasteiger partial charge in [-0.3, -0.25) is 14.6 Å². The molecule has 3 rings (SSSR count). The molecule has 0 atom stereocenters. The second-order valence-electron chi connectivity index (χ2n) is 6.83. The van der Waals surface area contributed by atoms with E-state index in [4.69, 9.17) is 9.26 Å². The lowest BCUT2D eigenvalue weighted by Gasteiger charge is -2.33. The summed E-state index contributed by atoms with van der Waals surface area (Å²) in [4.78, 5) is 16.8. The quantitative estimate of drug-likeness (QED) is 0.846. The van der Waals surface area contributed by atoms with E-state index in [2.05, 4.69) is 20.3 Å². The number of nitrogens with one attached hydrogen (secondary N) is 1. The predicted octanol–water partition coefficient (Wildman–Crippen LogP) is 1.36. The summed E-state index contributed by atoms with van der Waals surface area (Å²) >= 11 is 0. The second-order valence-corrected chi connectivity index (χ2v) is 6.83. The van der Waals surface area contributed by atoms with E-state index in [1.54, 1.807) is 6.07 Å². The lowest BCUT2D eigenvalue weighted by molar-refractivity contribution is -0.117. The minimum Gasteiger partial charge on any atom is -0.379 e. The lowest BCUT2D eigenvalue weighted by Crippen LogP contribution is -2.41. The van der Waals surface area contributed by atoms with Gasteiger partial charge in [-0.2, -0.15) is 0 Å². The van der Waals surface area contributed by atoms with E-state index < -0.39 is 0 Å². The molecule has 24 heavy (non-hydrogen) atoms. The van der Waals surface area contributed by atoms with E-state index in [0.29, 0.717) is 18.1 Å². The molecule has 7 nitrogen and oxygen atoms in total. The van der Waals surface area contributed by atoms with Crippen molar-refractivity contribution in [2.45, 2.75) is 26.2 Å². The Kier molecular flexibility index (Phi) is 6.23. The van der Waals surface area contributed by atoms with Crippen molar-refractivity contribution in [3.63, 3.8) is 0 Å². The second kappa shape index (κ2) is 8.60. The molecule has 0 saturated carbocycles. The van der Waals surface area contributed by atoms with Crippen molar-refractivity contribution in [3.05, 3.63) is 11.8 Å². The van der Waals surface area contributed by atoms with Gasteiger partial charge in [-0.1, -0.05) is 5.16 Å². The maximum Gasteiger partial charge on any atom is 0.239 e. The van der Waals surface area contributed by atoms with Gasteiger partial charge in [0.25, 0.3) is 0 Å². The fourth-order valence-corrected chi connectivity index (χ4v) is 3.43. The zero-order chi connectivity index (χ0) is 16.8. The topological polar surface area (TPSA) is 70.8 Å². The summed E-state index contributed by atoms with van der Waals surface area (Å²) in [6, 6.07) is 1.73. The number of aryl methyl sites for hydroxylation is 1. The number of hydrogen-bond acceptors (Lipinski definition) is 6. The van der Waals surface area contributed by atoms with Crippen molar-refractivity contribution >= 4 is 11.7 Å². The van der Waals surface area contributed by atoms with Crippen LogP contribution in [0.2, 0.25) is 0 Å². The van der Waals surface area contributed by atoms with Gasteiger partial charge in [0, 0.05) is 19.2 Å². The largest absolute Gasteiger partial charge is 0.379 e. The number of carbonyl (C=O) groups excluding carboxylic acids is 1. The lowest BCUT2D eigenvalue weighted by atomic mass is 9.93. The highest BCUT2D eigenvalue weighted by Crippen LogP contribution is 2.21. The molecule has 1 aromatic heterocycles. The summed E-state index contributed by atoms with van der Waals surface area (Å²) in [7, 11) is 0. The minimum atomic E-state index is -0.0185. The Morgan fingerprint density at radius 1 is 1.25 bits per heavy atom. The Bertz CT molecular complexity index is 520. The van der Waals surface area contributed by atoms with E-state index in [-0.39, 0.29) is 5.91 Å². The van der Waals surface area contributed by atoms with Gasteiger partial charge in [0.15, 0.2) is 5.82 Å². The molecule has 1 aromatic rings. The molecule has 2 saturated heterocycles. The van der Waals surface area contributed by atoms with Crippen LogP contribution in [0.5, 0.6) is 0 Å². The summed E-state index contributed by atoms with van der Waals surface area (Å²) in [6.07, 6.45) is 3.62. The number of hydrogen-bond donors (Lipinski definition) is 1. The van der Waals surface area contributed by atoms with Crippen molar-refractivity contribution in [2.24, 2.45) is 5.92 Å². The van der Waals surface area contributed by atoms with Gasteiger partial charge in [0.2, 0.25) is 5.91 Å². The summed E-state index contributed by atoms with van der Waals surface area (Å²) in [5.74, 6) is 1.96. The summed E-state index contributed by atoms with van der Waals surface area (Å²) in [5, 5.41) is 6.58. The van der Waals surface area contributed by atoms with Crippen LogP contribution in [0.3, 0.4) is 0 Å². The van der Waals surface area contributed by atoms with Crippen molar-refractivity contribution < 1.29 is 14.1 Å². The fourth-order valence-electron chi connectivity index (χ4n) is 3.43. The fraction of sp³-hybridized carbons (Fsp3) is 0.765. The Morgan fingerprint density at radius 3 is 2.67 bits per heavy atom. The number of piperidine rings is 1. The maximum absolute atomic E-state index is 12.1. The van der Waals surface area contributed by atoms with Gasteiger partial charge in [0.05, 0.1) is 19.8 Å². The van der Waals surface area contributed by atoms with Gasteiger partial charge in [-0.05, 0) is 51.7 Å². The van der Waals surface area contributed by atoms with Crippen molar-refractivity contribution in [3.8, 4) is 0 Å². The summed E-state index contributed by atoms with van der Waals surface area (Å²) < 4.78 is 10.3. The summed E-state index contributed by atoms with van der Waals surface area (Å²) in [6.45, 7) is 9.31. The van der Waals surface area contributed by atoms with Crippen LogP contribution >= 0.6 is 0 Å². The number of aromatic nitrogens is 1. The smallest absolute Gasteiger partial charge is 0.239 e. The number of anilines is 1. The first-order valence-corrected chi connectivity index (χ1v) is 8.94. The number of amides is 1. The zero-order valence-electron chi connectivity index (χ0n) is 14.5. The first kappa shape index (κ1) is 17.4. The molecule has 1 amide bonds. The van der Waals surface area contributed by atoms with Gasteiger partial charge in [0.1, 0.15) is 5.76 Å². The minimum absolute atomic E-state index is 0.0185. The molecule has 0 bridgehead atoms. The Morgan fingerprint density at radius 2 is 2.00 bits per heavy atom. The highest BCUT2D eigenvalue weighted by Gasteiger charge is 2.22. The first-order chi connectivity index (χ1) is 11.7. The Hall–Kier alpha value is -1.44. The number of carbonyl (C=O) groups is 1. The van der Waals surface area contributed by atoms with Crippen LogP contribution in [0, 0.1) is 12.8 Å². The van der Waals surface area contributed by atoms with Gasteiger partial charge >= 0.3 is 0 Å². The van der Waals surface area contributed by atoms with Crippen LogP contribution in [0.25, 0.3) is 0 Å². The van der Waals surface area contributed by atoms with Crippen molar-refractivity contribution in [1.29, 1.82) is 0 Å². The van der Waals surface area contributed by atoms with E-state index in [1.807, 2.05) is 6.92 Å². The third kappa shape index (κ3) is 5.29. The number of nitrogens with zero attached hydrogens (tertiary/aromatic N) is 3. The monoisotopic (exact) mass is 336 g/mol. The highest BCUT2D eigenvalue weighted by molar-refractivity contribution is 5.91. The molecule has 2 fully saturated rings. The zero-order valence-corrected chi connectivity index (χ0v) is 14.5. The maximum atomic E-state index is 12.1. The average molecular weight is 336 g/mol. The molecule has 0 aromatic carbocycles. The van der Waals surface area contributed by atoms with Gasteiger partial charge in [-0.25, -0.2) is 0 Å². The molecule has 2 aliphatic heterocycles. The number of rotatable bonds is 6.